The van der Waals surface area contributed by atoms with Crippen LogP contribution in [0, 0.1) is 11.8 Å². The van der Waals surface area contributed by atoms with Crippen LogP contribution in [0.2, 0.25) is 0 Å². The highest BCUT2D eigenvalue weighted by Crippen LogP contribution is 2.31. The number of hydrogen-bond donors (Lipinski definition) is 1. The number of aryl methyl sites for hydroxylation is 1. The van der Waals surface area contributed by atoms with Crippen molar-refractivity contribution in [3.63, 3.8) is 0 Å². The Hall–Kier alpha value is -1.39. The summed E-state index contributed by atoms with van der Waals surface area (Å²) >= 11 is 0. The first-order valence-electron chi connectivity index (χ1n) is 8.23. The molecule has 1 heterocycles. The zero-order valence-electron chi connectivity index (χ0n) is 13.5. The molecule has 0 bridgehead atoms. The van der Waals surface area contributed by atoms with E-state index in [0.29, 0.717) is 6.54 Å². The average molecular weight is 292 g/mol. The predicted molar refractivity (Wildman–Crippen MR) is 82.8 cm³/mol. The molecule has 1 N–H and O–H groups in total. The molecule has 0 spiro atoms. The summed E-state index contributed by atoms with van der Waals surface area (Å²) in [4.78, 5) is 12.4. The number of carbonyl (C=O) groups excluding carboxylic acids is 1. The van der Waals surface area contributed by atoms with E-state index in [0.717, 1.165) is 24.6 Å². The second-order valence-electron chi connectivity index (χ2n) is 6.44. The first kappa shape index (κ1) is 16.0. The van der Waals surface area contributed by atoms with Crippen LogP contribution >= 0.6 is 0 Å². The van der Waals surface area contributed by atoms with Crippen LogP contribution in [0.3, 0.4) is 0 Å². The van der Waals surface area contributed by atoms with Crippen molar-refractivity contribution in [3.05, 3.63) is 12.2 Å². The highest BCUT2D eigenvalue weighted by atomic mass is 16.1. The van der Waals surface area contributed by atoms with Crippen LogP contribution in [0.25, 0.3) is 0 Å². The average Bonchev–Trinajstić information content (AvgIpc) is 3.13. The van der Waals surface area contributed by atoms with E-state index in [1.165, 1.54) is 25.7 Å². The number of nitrogens with zero attached hydrogens (tertiary/aromatic N) is 3. The third-order valence-corrected chi connectivity index (χ3v) is 4.73. The van der Waals surface area contributed by atoms with Gasteiger partial charge in [-0.05, 0) is 18.8 Å². The van der Waals surface area contributed by atoms with Crippen LogP contribution in [0.5, 0.6) is 0 Å². The largest absolute Gasteiger partial charge is 0.355 e. The Kier molecular flexibility index (Phi) is 5.76. The van der Waals surface area contributed by atoms with Crippen LogP contribution in [0.1, 0.15) is 64.1 Å². The molecule has 1 aliphatic rings. The number of aromatic nitrogens is 3. The van der Waals surface area contributed by atoms with Gasteiger partial charge in [0.25, 0.3) is 0 Å². The fraction of sp³-hybridized carbons (Fsp3) is 0.812. The molecule has 2 atom stereocenters. The minimum atomic E-state index is 0.166. The first-order valence-corrected chi connectivity index (χ1v) is 8.23. The summed E-state index contributed by atoms with van der Waals surface area (Å²) in [7, 11) is 1.93. The van der Waals surface area contributed by atoms with Gasteiger partial charge < -0.3 is 9.88 Å². The van der Waals surface area contributed by atoms with E-state index in [1.54, 1.807) is 6.33 Å². The van der Waals surface area contributed by atoms with Crippen molar-refractivity contribution in [1.82, 2.24) is 20.1 Å². The van der Waals surface area contributed by atoms with Gasteiger partial charge in [0, 0.05) is 25.4 Å². The van der Waals surface area contributed by atoms with Gasteiger partial charge in [0.1, 0.15) is 12.2 Å². The number of rotatable bonds is 7. The number of nitrogens with one attached hydrogen (secondary N) is 1. The summed E-state index contributed by atoms with van der Waals surface area (Å²) < 4.78 is 1.91. The Balaban J connectivity index is 1.80. The van der Waals surface area contributed by atoms with Gasteiger partial charge in [0.15, 0.2) is 0 Å². The number of carbonyl (C=O) groups is 1. The molecule has 1 amide bonds. The minimum Gasteiger partial charge on any atom is -0.355 e. The Morgan fingerprint density at radius 1 is 1.48 bits per heavy atom. The van der Waals surface area contributed by atoms with Crippen molar-refractivity contribution in [1.29, 1.82) is 0 Å². The lowest BCUT2D eigenvalue weighted by molar-refractivity contribution is -0.125. The molecule has 21 heavy (non-hydrogen) atoms. The maximum atomic E-state index is 12.4. The fourth-order valence-electron chi connectivity index (χ4n) is 3.34. The van der Waals surface area contributed by atoms with Gasteiger partial charge in [0.05, 0.1) is 0 Å². The molecule has 1 aliphatic carbocycles. The highest BCUT2D eigenvalue weighted by molar-refractivity contribution is 5.78. The Labute approximate surface area is 127 Å². The summed E-state index contributed by atoms with van der Waals surface area (Å²) in [6, 6.07) is 0. The van der Waals surface area contributed by atoms with Gasteiger partial charge in [-0.25, -0.2) is 0 Å². The van der Waals surface area contributed by atoms with Gasteiger partial charge in [-0.2, -0.15) is 0 Å². The van der Waals surface area contributed by atoms with E-state index >= 15 is 0 Å². The Morgan fingerprint density at radius 2 is 2.19 bits per heavy atom. The monoisotopic (exact) mass is 292 g/mol. The van der Waals surface area contributed by atoms with E-state index in [9.17, 15) is 4.79 Å². The lowest BCUT2D eigenvalue weighted by Crippen LogP contribution is -2.34. The van der Waals surface area contributed by atoms with Crippen LogP contribution in [0.15, 0.2) is 6.33 Å². The second-order valence-corrected chi connectivity index (χ2v) is 6.44. The van der Waals surface area contributed by atoms with Crippen molar-refractivity contribution < 1.29 is 4.79 Å². The third kappa shape index (κ3) is 4.29. The van der Waals surface area contributed by atoms with Crippen LogP contribution < -0.4 is 5.32 Å². The first-order chi connectivity index (χ1) is 10.1. The molecule has 0 aliphatic heterocycles. The van der Waals surface area contributed by atoms with Crippen molar-refractivity contribution in [2.24, 2.45) is 18.9 Å². The lowest BCUT2D eigenvalue weighted by atomic mass is 9.90. The fourth-order valence-corrected chi connectivity index (χ4v) is 3.34. The summed E-state index contributed by atoms with van der Waals surface area (Å²) in [5.41, 5.74) is 0. The topological polar surface area (TPSA) is 59.8 Å². The summed E-state index contributed by atoms with van der Waals surface area (Å²) in [6.07, 6.45) is 8.97. The Bertz CT molecular complexity index is 451. The van der Waals surface area contributed by atoms with Gasteiger partial charge >= 0.3 is 0 Å². The van der Waals surface area contributed by atoms with Crippen molar-refractivity contribution in [2.75, 3.05) is 6.54 Å². The van der Waals surface area contributed by atoms with Gasteiger partial charge in [0.2, 0.25) is 5.91 Å². The molecule has 5 heteroatoms. The molecule has 0 radical (unpaired) electrons. The maximum absolute atomic E-state index is 12.4. The SMILES string of the molecule is CC[C@@H](CC1CCCC1)C(=O)NC[C@@H](C)c1nncn1C. The zero-order chi connectivity index (χ0) is 15.2. The van der Waals surface area contributed by atoms with Crippen LogP contribution in [0.4, 0.5) is 0 Å². The quantitative estimate of drug-likeness (QED) is 0.840. The van der Waals surface area contributed by atoms with E-state index < -0.39 is 0 Å². The second kappa shape index (κ2) is 7.57. The molecule has 0 unspecified atom stereocenters. The molecule has 1 aromatic rings. The summed E-state index contributed by atoms with van der Waals surface area (Å²) in [5, 5.41) is 11.1. The molecule has 5 nitrogen and oxygen atoms in total. The molecule has 118 valence electrons. The highest BCUT2D eigenvalue weighted by Gasteiger charge is 2.24. The molecule has 0 saturated heterocycles. The maximum Gasteiger partial charge on any atom is 0.223 e. The van der Waals surface area contributed by atoms with E-state index in [4.69, 9.17) is 0 Å². The molecule has 1 aromatic heterocycles. The predicted octanol–water partition coefficient (Wildman–Crippen LogP) is 2.64. The molecule has 1 fully saturated rings. The number of hydrogen-bond acceptors (Lipinski definition) is 3. The summed E-state index contributed by atoms with van der Waals surface area (Å²) in [5.74, 6) is 2.24. The normalized spacial score (nSPS) is 18.6. The molecular weight excluding hydrogens is 264 g/mol. The lowest BCUT2D eigenvalue weighted by Gasteiger charge is -2.20. The van der Waals surface area contributed by atoms with Crippen LogP contribution in [-0.2, 0) is 11.8 Å². The number of amides is 1. The zero-order valence-corrected chi connectivity index (χ0v) is 13.5. The van der Waals surface area contributed by atoms with Gasteiger partial charge in [-0.15, -0.1) is 10.2 Å². The molecule has 1 saturated carbocycles. The van der Waals surface area contributed by atoms with Crippen LogP contribution in [-0.4, -0.2) is 27.2 Å². The molecule has 0 aromatic carbocycles. The van der Waals surface area contributed by atoms with Crippen molar-refractivity contribution in [3.8, 4) is 0 Å². The summed E-state index contributed by atoms with van der Waals surface area (Å²) in [6.45, 7) is 4.82. The third-order valence-electron chi connectivity index (χ3n) is 4.73. The molecular formula is C16H28N4O. The minimum absolute atomic E-state index is 0.166. The molecule has 2 rings (SSSR count). The smallest absolute Gasteiger partial charge is 0.223 e. The van der Waals surface area contributed by atoms with E-state index in [1.807, 2.05) is 11.6 Å². The van der Waals surface area contributed by atoms with E-state index in [2.05, 4.69) is 29.4 Å². The van der Waals surface area contributed by atoms with Crippen molar-refractivity contribution >= 4 is 5.91 Å². The van der Waals surface area contributed by atoms with E-state index in [-0.39, 0.29) is 17.7 Å². The standard InChI is InChI=1S/C16H28N4O/c1-4-14(9-13-7-5-6-8-13)16(21)17-10-12(2)15-19-18-11-20(15)3/h11-14H,4-10H2,1-3H3,(H,17,21)/t12-,14+/m1/s1. The van der Waals surface area contributed by atoms with Crippen molar-refractivity contribution in [2.45, 2.75) is 58.3 Å². The Morgan fingerprint density at radius 3 is 2.76 bits per heavy atom. The van der Waals surface area contributed by atoms with Gasteiger partial charge in [-0.1, -0.05) is 39.5 Å². The van der Waals surface area contributed by atoms with Gasteiger partial charge in [-0.3, -0.25) is 4.79 Å².